The van der Waals surface area contributed by atoms with E-state index in [0.717, 1.165) is 11.3 Å². The molecule has 0 saturated carbocycles. The first-order chi connectivity index (χ1) is 10.0. The molecule has 0 amide bonds. The van der Waals surface area contributed by atoms with Crippen LogP contribution in [0.5, 0.6) is 0 Å². The summed E-state index contributed by atoms with van der Waals surface area (Å²) in [6, 6.07) is 9.72. The molecule has 5 heteroatoms. The summed E-state index contributed by atoms with van der Waals surface area (Å²) in [6.07, 6.45) is 0. The Hall–Kier alpha value is -2.07. The first-order valence-electron chi connectivity index (χ1n) is 6.38. The van der Waals surface area contributed by atoms with Gasteiger partial charge in [0.2, 0.25) is 0 Å². The molecule has 110 valence electrons. The smallest absolute Gasteiger partial charge is 0.337 e. The number of benzene rings is 2. The van der Waals surface area contributed by atoms with E-state index in [1.807, 2.05) is 6.92 Å². The zero-order valence-corrected chi connectivity index (χ0v) is 12.5. The summed E-state index contributed by atoms with van der Waals surface area (Å²) >= 11 is 5.98. The fourth-order valence-corrected chi connectivity index (χ4v) is 2.22. The number of rotatable bonds is 4. The van der Waals surface area contributed by atoms with Gasteiger partial charge in [0.15, 0.2) is 0 Å². The molecular formula is C16H15ClFNO2. The summed E-state index contributed by atoms with van der Waals surface area (Å²) in [5.74, 6) is -0.736. The van der Waals surface area contributed by atoms with E-state index in [2.05, 4.69) is 10.1 Å². The lowest BCUT2D eigenvalue weighted by molar-refractivity contribution is 0.0600. The van der Waals surface area contributed by atoms with Gasteiger partial charge in [0.25, 0.3) is 0 Å². The molecule has 21 heavy (non-hydrogen) atoms. The number of esters is 1. The van der Waals surface area contributed by atoms with Crippen LogP contribution in [-0.2, 0) is 11.3 Å². The average Bonchev–Trinajstić information content (AvgIpc) is 2.47. The van der Waals surface area contributed by atoms with Gasteiger partial charge < -0.3 is 10.1 Å². The molecule has 0 heterocycles. The number of hydrogen-bond acceptors (Lipinski definition) is 3. The van der Waals surface area contributed by atoms with Gasteiger partial charge in [-0.3, -0.25) is 0 Å². The lowest BCUT2D eigenvalue weighted by atomic mass is 10.1. The van der Waals surface area contributed by atoms with Crippen molar-refractivity contribution in [2.45, 2.75) is 13.5 Å². The molecule has 0 unspecified atom stereocenters. The Kier molecular flexibility index (Phi) is 4.81. The van der Waals surface area contributed by atoms with E-state index in [1.54, 1.807) is 30.3 Å². The number of aryl methyl sites for hydroxylation is 1. The molecule has 0 saturated heterocycles. The van der Waals surface area contributed by atoms with Gasteiger partial charge in [-0.1, -0.05) is 17.7 Å². The van der Waals surface area contributed by atoms with Crippen molar-refractivity contribution in [3.8, 4) is 0 Å². The number of carbonyl (C=O) groups is 1. The minimum Gasteiger partial charge on any atom is -0.465 e. The molecule has 2 aromatic rings. The summed E-state index contributed by atoms with van der Waals surface area (Å²) in [5, 5.41) is 3.50. The van der Waals surface area contributed by atoms with E-state index in [0.29, 0.717) is 16.1 Å². The third-order valence-corrected chi connectivity index (χ3v) is 3.52. The molecule has 0 aliphatic heterocycles. The van der Waals surface area contributed by atoms with Crippen LogP contribution < -0.4 is 5.32 Å². The number of carbonyl (C=O) groups excluding carboxylic acids is 1. The van der Waals surface area contributed by atoms with Crippen molar-refractivity contribution in [3.05, 3.63) is 63.9 Å². The molecule has 2 aromatic carbocycles. The lowest BCUT2D eigenvalue weighted by Crippen LogP contribution is -2.06. The fraction of sp³-hybridized carbons (Fsp3) is 0.188. The van der Waals surface area contributed by atoms with Crippen molar-refractivity contribution in [2.75, 3.05) is 12.4 Å². The number of halogens is 2. The van der Waals surface area contributed by atoms with Crippen LogP contribution in [0, 0.1) is 12.7 Å². The van der Waals surface area contributed by atoms with Crippen LogP contribution in [0.3, 0.4) is 0 Å². The van der Waals surface area contributed by atoms with Crippen molar-refractivity contribution in [1.29, 1.82) is 0 Å². The Labute approximate surface area is 127 Å². The standard InChI is InChI=1S/C16H15ClFNO2/c1-10-8-11(16(20)21-2)6-7-15(10)19-9-12-13(17)4-3-5-14(12)18/h3-8,19H,9H2,1-2H3. The number of anilines is 1. The highest BCUT2D eigenvalue weighted by Crippen LogP contribution is 2.22. The zero-order chi connectivity index (χ0) is 15.4. The van der Waals surface area contributed by atoms with Gasteiger partial charge in [-0.2, -0.15) is 0 Å². The van der Waals surface area contributed by atoms with Crippen molar-refractivity contribution in [1.82, 2.24) is 0 Å². The third-order valence-electron chi connectivity index (χ3n) is 3.16. The second-order valence-corrected chi connectivity index (χ2v) is 4.98. The third kappa shape index (κ3) is 3.52. The molecule has 0 aliphatic rings. The number of hydrogen-bond donors (Lipinski definition) is 1. The maximum atomic E-state index is 13.7. The number of methoxy groups -OCH3 is 1. The van der Waals surface area contributed by atoms with Crippen LogP contribution >= 0.6 is 11.6 Å². The molecule has 0 fully saturated rings. The second-order valence-electron chi connectivity index (χ2n) is 4.58. The van der Waals surface area contributed by atoms with Crippen LogP contribution in [0.1, 0.15) is 21.5 Å². The predicted molar refractivity (Wildman–Crippen MR) is 81.3 cm³/mol. The molecule has 0 bridgehead atoms. The maximum absolute atomic E-state index is 13.7. The van der Waals surface area contributed by atoms with Crippen LogP contribution in [0.15, 0.2) is 36.4 Å². The zero-order valence-electron chi connectivity index (χ0n) is 11.7. The largest absolute Gasteiger partial charge is 0.465 e. The molecule has 0 spiro atoms. The van der Waals surface area contributed by atoms with Crippen molar-refractivity contribution < 1.29 is 13.9 Å². The van der Waals surface area contributed by atoms with Gasteiger partial charge in [0, 0.05) is 22.8 Å². The molecule has 0 aromatic heterocycles. The number of nitrogens with one attached hydrogen (secondary N) is 1. The Morgan fingerprint density at radius 3 is 2.71 bits per heavy atom. The molecule has 0 aliphatic carbocycles. The van der Waals surface area contributed by atoms with Crippen molar-refractivity contribution in [2.24, 2.45) is 0 Å². The predicted octanol–water partition coefficient (Wildman–Crippen LogP) is 4.19. The van der Waals surface area contributed by atoms with Gasteiger partial charge >= 0.3 is 5.97 Å². The average molecular weight is 308 g/mol. The van der Waals surface area contributed by atoms with Gasteiger partial charge in [-0.25, -0.2) is 9.18 Å². The summed E-state index contributed by atoms with van der Waals surface area (Å²) < 4.78 is 18.3. The Morgan fingerprint density at radius 1 is 1.33 bits per heavy atom. The first kappa shape index (κ1) is 15.3. The summed E-state index contributed by atoms with van der Waals surface area (Å²) in [4.78, 5) is 11.4. The molecule has 1 N–H and O–H groups in total. The van der Waals surface area contributed by atoms with Crippen LogP contribution in [-0.4, -0.2) is 13.1 Å². The lowest BCUT2D eigenvalue weighted by Gasteiger charge is -2.12. The van der Waals surface area contributed by atoms with E-state index < -0.39 is 0 Å². The normalized spacial score (nSPS) is 10.3. The van der Waals surface area contributed by atoms with Crippen molar-refractivity contribution in [3.63, 3.8) is 0 Å². The van der Waals surface area contributed by atoms with E-state index in [4.69, 9.17) is 11.6 Å². The van der Waals surface area contributed by atoms with Crippen LogP contribution in [0.4, 0.5) is 10.1 Å². The van der Waals surface area contributed by atoms with Gasteiger partial charge in [-0.05, 0) is 42.8 Å². The van der Waals surface area contributed by atoms with Gasteiger partial charge in [-0.15, -0.1) is 0 Å². The summed E-state index contributed by atoms with van der Waals surface area (Å²) in [6.45, 7) is 2.13. The Morgan fingerprint density at radius 2 is 2.10 bits per heavy atom. The quantitative estimate of drug-likeness (QED) is 0.861. The monoisotopic (exact) mass is 307 g/mol. The Bertz CT molecular complexity index is 653. The highest BCUT2D eigenvalue weighted by atomic mass is 35.5. The Balaban J connectivity index is 2.16. The molecule has 2 rings (SSSR count). The van der Waals surface area contributed by atoms with Crippen LogP contribution in [0.25, 0.3) is 0 Å². The summed E-state index contributed by atoms with van der Waals surface area (Å²) in [7, 11) is 1.34. The van der Waals surface area contributed by atoms with Gasteiger partial charge in [0.1, 0.15) is 5.82 Å². The fourth-order valence-electron chi connectivity index (χ4n) is 1.99. The second kappa shape index (κ2) is 6.59. The molecular weight excluding hydrogens is 293 g/mol. The van der Waals surface area contributed by atoms with E-state index >= 15 is 0 Å². The van der Waals surface area contributed by atoms with E-state index in [1.165, 1.54) is 13.2 Å². The topological polar surface area (TPSA) is 38.3 Å². The van der Waals surface area contributed by atoms with Gasteiger partial charge in [0.05, 0.1) is 12.7 Å². The minimum absolute atomic E-state index is 0.268. The molecule has 0 atom stereocenters. The van der Waals surface area contributed by atoms with Crippen LogP contribution in [0.2, 0.25) is 5.02 Å². The molecule has 0 radical (unpaired) electrons. The highest BCUT2D eigenvalue weighted by Gasteiger charge is 2.09. The molecule has 3 nitrogen and oxygen atoms in total. The number of ether oxygens (including phenoxy) is 1. The van der Waals surface area contributed by atoms with E-state index in [-0.39, 0.29) is 18.3 Å². The minimum atomic E-state index is -0.387. The van der Waals surface area contributed by atoms with Crippen molar-refractivity contribution >= 4 is 23.3 Å². The summed E-state index contributed by atoms with van der Waals surface area (Å²) in [5.41, 5.74) is 2.56. The van der Waals surface area contributed by atoms with E-state index in [9.17, 15) is 9.18 Å². The highest BCUT2D eigenvalue weighted by molar-refractivity contribution is 6.31. The first-order valence-corrected chi connectivity index (χ1v) is 6.76. The maximum Gasteiger partial charge on any atom is 0.337 e. The SMILES string of the molecule is COC(=O)c1ccc(NCc2c(F)cccc2Cl)c(C)c1.